The Balaban J connectivity index is 1.17. The molecule has 2 aromatic carbocycles. The van der Waals surface area contributed by atoms with E-state index in [9.17, 15) is 9.59 Å². The van der Waals surface area contributed by atoms with Gasteiger partial charge in [-0.25, -0.2) is 9.97 Å². The number of rotatable bonds is 4. The van der Waals surface area contributed by atoms with E-state index in [1.807, 2.05) is 24.3 Å². The molecule has 8 atom stereocenters. The maximum atomic E-state index is 12.1. The van der Waals surface area contributed by atoms with Crippen molar-refractivity contribution in [2.45, 2.75) is 75.0 Å². The van der Waals surface area contributed by atoms with Crippen LogP contribution in [-0.4, -0.2) is 32.5 Å². The van der Waals surface area contributed by atoms with Crippen LogP contribution in [0.1, 0.15) is 141 Å². The number of nitrogens with zero attached hydrogens (tertiary/aromatic N) is 2. The first-order valence-electron chi connectivity index (χ1n) is 23.8. The molecule has 3 aromatic heterocycles. The molecular formula is C58H46N4O2. The van der Waals surface area contributed by atoms with Crippen molar-refractivity contribution in [3.8, 4) is 22.3 Å². The van der Waals surface area contributed by atoms with Gasteiger partial charge in [-0.3, -0.25) is 9.59 Å². The third-order valence-electron chi connectivity index (χ3n) is 17.0. The highest BCUT2D eigenvalue weighted by molar-refractivity contribution is 6.07. The Morgan fingerprint density at radius 1 is 0.406 bits per heavy atom. The summed E-state index contributed by atoms with van der Waals surface area (Å²) >= 11 is 0. The summed E-state index contributed by atoms with van der Waals surface area (Å²) in [7, 11) is 0. The number of benzene rings is 2. The van der Waals surface area contributed by atoms with Gasteiger partial charge in [0.15, 0.2) is 0 Å². The van der Waals surface area contributed by atoms with Crippen molar-refractivity contribution in [2.75, 3.05) is 0 Å². The van der Waals surface area contributed by atoms with Gasteiger partial charge in [0.25, 0.3) is 0 Å². The van der Waals surface area contributed by atoms with E-state index in [-0.39, 0.29) is 11.8 Å². The van der Waals surface area contributed by atoms with E-state index in [0.717, 1.165) is 131 Å². The molecule has 0 radical (unpaired) electrons. The molecule has 14 aliphatic rings. The zero-order valence-electron chi connectivity index (χ0n) is 35.5. The molecule has 0 amide bonds. The fraction of sp³-hybridized carbons (Fsp3) is 0.276. The van der Waals surface area contributed by atoms with Crippen molar-refractivity contribution >= 4 is 56.9 Å². The summed E-state index contributed by atoms with van der Waals surface area (Å²) in [5.74, 6) is 2.39. The van der Waals surface area contributed by atoms with E-state index in [1.54, 1.807) is 0 Å². The van der Waals surface area contributed by atoms with Crippen LogP contribution in [-0.2, 0) is 0 Å². The summed E-state index contributed by atoms with van der Waals surface area (Å²) in [6, 6.07) is 21.3. The lowest BCUT2D eigenvalue weighted by Crippen LogP contribution is -2.19. The van der Waals surface area contributed by atoms with Gasteiger partial charge in [-0.15, -0.1) is 0 Å². The van der Waals surface area contributed by atoms with E-state index < -0.39 is 0 Å². The van der Waals surface area contributed by atoms with Crippen LogP contribution in [0.4, 0.5) is 0 Å². The molecule has 2 N–H and O–H groups in total. The third-order valence-corrected chi connectivity index (χ3v) is 17.0. The predicted octanol–water partition coefficient (Wildman–Crippen LogP) is 13.3. The third kappa shape index (κ3) is 4.76. The number of nitrogens with one attached hydrogen (secondary N) is 2. The molecule has 310 valence electrons. The summed E-state index contributed by atoms with van der Waals surface area (Å²) in [4.78, 5) is 44.3. The van der Waals surface area contributed by atoms with Gasteiger partial charge >= 0.3 is 0 Å². The normalized spacial score (nSPS) is 27.9. The van der Waals surface area contributed by atoms with Crippen molar-refractivity contribution in [1.82, 2.24) is 19.9 Å². The summed E-state index contributed by atoms with van der Waals surface area (Å²) in [5.41, 5.74) is 25.8. The molecular weight excluding hydrogens is 785 g/mol. The van der Waals surface area contributed by atoms with E-state index in [4.69, 9.17) is 9.97 Å². The summed E-state index contributed by atoms with van der Waals surface area (Å²) in [5, 5.41) is 0. The van der Waals surface area contributed by atoms with Crippen LogP contribution in [0.15, 0.2) is 109 Å². The fourth-order valence-electron chi connectivity index (χ4n) is 14.2. The van der Waals surface area contributed by atoms with Crippen LogP contribution in [0.2, 0.25) is 0 Å². The smallest absolute Gasteiger partial charge is 0.150 e. The Hall–Kier alpha value is -6.66. The van der Waals surface area contributed by atoms with Crippen LogP contribution >= 0.6 is 0 Å². The number of H-pyrrole nitrogens is 2. The average Bonchev–Trinajstić information content (AvgIpc) is 4.16. The van der Waals surface area contributed by atoms with Gasteiger partial charge in [-0.1, -0.05) is 97.1 Å². The minimum absolute atomic E-state index is 0.284. The molecule has 0 spiro atoms. The molecule has 8 unspecified atom stereocenters. The van der Waals surface area contributed by atoms with Crippen molar-refractivity contribution in [2.24, 2.45) is 23.7 Å². The highest BCUT2D eigenvalue weighted by atomic mass is 16.1. The number of aldehydes is 2. The monoisotopic (exact) mass is 830 g/mol. The Bertz CT molecular complexity index is 3140. The number of aromatic nitrogens is 4. The van der Waals surface area contributed by atoms with Gasteiger partial charge in [-0.2, -0.15) is 0 Å². The zero-order valence-corrected chi connectivity index (χ0v) is 35.5. The van der Waals surface area contributed by atoms with Crippen molar-refractivity contribution in [1.29, 1.82) is 0 Å². The molecule has 0 fully saturated rings. The van der Waals surface area contributed by atoms with Gasteiger partial charge in [0.2, 0.25) is 0 Å². The Morgan fingerprint density at radius 3 is 1.08 bits per heavy atom. The Kier molecular flexibility index (Phi) is 7.25. The van der Waals surface area contributed by atoms with Gasteiger partial charge in [-0.05, 0) is 119 Å². The minimum atomic E-state index is 0.284. The number of fused-ring (bicyclic) bond motifs is 12. The second kappa shape index (κ2) is 13.0. The van der Waals surface area contributed by atoms with Gasteiger partial charge in [0.1, 0.15) is 12.6 Å². The van der Waals surface area contributed by atoms with E-state index in [1.165, 1.54) is 44.5 Å². The van der Waals surface area contributed by atoms with E-state index in [2.05, 4.69) is 95.0 Å². The molecule has 2 aliphatic heterocycles. The van der Waals surface area contributed by atoms with Crippen LogP contribution < -0.4 is 0 Å². The maximum Gasteiger partial charge on any atom is 0.150 e. The van der Waals surface area contributed by atoms with E-state index in [0.29, 0.717) is 46.6 Å². The molecule has 6 nitrogen and oxygen atoms in total. The molecule has 64 heavy (non-hydrogen) atoms. The number of aromatic amines is 2. The predicted molar refractivity (Wildman–Crippen MR) is 255 cm³/mol. The first-order valence-corrected chi connectivity index (χ1v) is 23.8. The zero-order chi connectivity index (χ0) is 41.9. The summed E-state index contributed by atoms with van der Waals surface area (Å²) in [6.07, 6.45) is 30.5. The van der Waals surface area contributed by atoms with Crippen LogP contribution in [0.5, 0.6) is 0 Å². The van der Waals surface area contributed by atoms with Crippen LogP contribution in [0.25, 0.3) is 66.6 Å². The number of carbonyl (C=O) groups is 2. The highest BCUT2D eigenvalue weighted by Gasteiger charge is 2.43. The molecule has 6 heteroatoms. The van der Waals surface area contributed by atoms with Crippen molar-refractivity contribution in [3.63, 3.8) is 0 Å². The first kappa shape index (κ1) is 35.8. The maximum absolute atomic E-state index is 12.1. The van der Waals surface area contributed by atoms with Gasteiger partial charge in [0.05, 0.1) is 33.8 Å². The van der Waals surface area contributed by atoms with Crippen molar-refractivity contribution in [3.05, 3.63) is 165 Å². The second-order valence-corrected chi connectivity index (χ2v) is 20.0. The van der Waals surface area contributed by atoms with Gasteiger partial charge in [0, 0.05) is 80.6 Å². The molecule has 0 saturated heterocycles. The SMILES string of the molecule is O=Cc1ccc(-c2c3nc(cc4[nH]c(c(-c5ccc(C=O)cc5)c5nc(cc6[nH]c2c2c6C6C=CC2CC6)C2=C5C5C=CC2CC5)c2c4C4C=CC2CC4)C2=C3C3C=CC2CC3)cc1. The minimum Gasteiger partial charge on any atom is -0.354 e. The number of carbonyl (C=O) groups excluding carboxylic acids is 2. The molecule has 5 aromatic rings. The lowest BCUT2D eigenvalue weighted by atomic mass is 9.69. The lowest BCUT2D eigenvalue weighted by molar-refractivity contribution is 0.111. The molecule has 19 rings (SSSR count). The number of hydrogen-bond acceptors (Lipinski definition) is 4. The topological polar surface area (TPSA) is 91.5 Å². The van der Waals surface area contributed by atoms with Crippen molar-refractivity contribution < 1.29 is 9.59 Å². The fourth-order valence-corrected chi connectivity index (χ4v) is 14.2. The van der Waals surface area contributed by atoms with Crippen LogP contribution in [0, 0.1) is 23.7 Å². The second-order valence-electron chi connectivity index (χ2n) is 20.0. The van der Waals surface area contributed by atoms with E-state index >= 15 is 0 Å². The first-order chi connectivity index (χ1) is 31.6. The number of hydrogen-bond donors (Lipinski definition) is 2. The molecule has 12 aliphatic carbocycles. The summed E-state index contributed by atoms with van der Waals surface area (Å²) < 4.78 is 0. The van der Waals surface area contributed by atoms with Gasteiger partial charge < -0.3 is 9.97 Å². The summed E-state index contributed by atoms with van der Waals surface area (Å²) in [6.45, 7) is 0. The standard InChI is InChI=1S/C58H46N4O2/c63-27-29-1-5-39(6-2-29)53-55-49-35-17-9-31(10-18-35)45(49)41(59-55)25-43-47-33-13-21-37(22-14-33)51(47)57(61-43)54(40-7-3-30(28-64)4-8-40)58-52-38-23-15-34(16-24-38)48(52)44(62-58)26-42-46-32-11-19-36(20-12-32)50(46)56(53)60-42/h1-9,11,13,15,17,19,21,23,25-28,31-38,59,62H,10,12,14,16,18,20,22,24H2. The molecule has 5 heterocycles. The average molecular weight is 831 g/mol. The number of allylic oxidation sites excluding steroid dienone is 12. The molecule has 0 saturated carbocycles. The Morgan fingerprint density at radius 2 is 0.734 bits per heavy atom. The molecule has 16 bridgehead atoms. The highest BCUT2D eigenvalue weighted by Crippen LogP contribution is 2.59. The quantitative estimate of drug-likeness (QED) is 0.139. The van der Waals surface area contributed by atoms with Crippen LogP contribution in [0.3, 0.4) is 0 Å². The lowest BCUT2D eigenvalue weighted by Gasteiger charge is -2.34. The largest absolute Gasteiger partial charge is 0.354 e. The Labute approximate surface area is 371 Å².